The van der Waals surface area contributed by atoms with E-state index in [4.69, 9.17) is 23.7 Å². The molecule has 0 heterocycles. The molecule has 8 heteroatoms. The Morgan fingerprint density at radius 2 is 1.50 bits per heavy atom. The Bertz CT molecular complexity index is 1060. The third-order valence-electron chi connectivity index (χ3n) is 5.18. The number of carbonyl (C=O) groups is 1. The molecule has 0 spiro atoms. The summed E-state index contributed by atoms with van der Waals surface area (Å²) in [6.07, 6.45) is -1.60. The van der Waals surface area contributed by atoms with Gasteiger partial charge in [0.1, 0.15) is 19.0 Å². The molecule has 0 amide bonds. The monoisotopic (exact) mass is 468 g/mol. The predicted molar refractivity (Wildman–Crippen MR) is 125 cm³/mol. The number of aliphatic hydroxyl groups excluding tert-OH is 2. The number of ether oxygens (including phenoxy) is 5. The van der Waals surface area contributed by atoms with E-state index in [0.717, 1.165) is 5.56 Å². The Balaban J connectivity index is 1.86. The van der Waals surface area contributed by atoms with Gasteiger partial charge in [-0.3, -0.25) is 4.79 Å². The van der Waals surface area contributed by atoms with Crippen LogP contribution in [0.15, 0.2) is 60.7 Å². The van der Waals surface area contributed by atoms with Gasteiger partial charge in [-0.15, -0.1) is 0 Å². The SMILES string of the molecule is COc1cc(C=O)ccc1O[C@@H](CO)[C@@H](O)c1cc(OC)c(OCc2ccccc2)c(OC)c1. The first-order valence-electron chi connectivity index (χ1n) is 10.6. The summed E-state index contributed by atoms with van der Waals surface area (Å²) >= 11 is 0. The number of hydrogen-bond acceptors (Lipinski definition) is 8. The maximum Gasteiger partial charge on any atom is 0.203 e. The average Bonchev–Trinajstić information content (AvgIpc) is 2.90. The zero-order chi connectivity index (χ0) is 24.5. The highest BCUT2D eigenvalue weighted by Crippen LogP contribution is 2.41. The molecule has 34 heavy (non-hydrogen) atoms. The lowest BCUT2D eigenvalue weighted by atomic mass is 10.0. The van der Waals surface area contributed by atoms with Crippen LogP contribution in [-0.2, 0) is 6.61 Å². The molecule has 8 nitrogen and oxygen atoms in total. The Labute approximate surface area is 198 Å². The highest BCUT2D eigenvalue weighted by atomic mass is 16.5. The smallest absolute Gasteiger partial charge is 0.203 e. The molecule has 0 aromatic heterocycles. The normalized spacial score (nSPS) is 12.4. The van der Waals surface area contributed by atoms with Crippen molar-refractivity contribution in [2.75, 3.05) is 27.9 Å². The standard InChI is InChI=1S/C26H28O8/c1-30-21-11-18(14-27)9-10-20(21)34-24(15-28)25(29)19-12-22(31-2)26(23(13-19)32-3)33-16-17-7-5-4-6-8-17/h4-14,24-25,28-29H,15-16H2,1-3H3/t24-,25-/m0/s1. The van der Waals surface area contributed by atoms with Crippen LogP contribution >= 0.6 is 0 Å². The van der Waals surface area contributed by atoms with E-state index in [-0.39, 0.29) is 5.75 Å². The van der Waals surface area contributed by atoms with Crippen molar-refractivity contribution in [3.8, 4) is 28.7 Å². The third-order valence-corrected chi connectivity index (χ3v) is 5.18. The number of aldehydes is 1. The Kier molecular flexibility index (Phi) is 8.73. The van der Waals surface area contributed by atoms with E-state index in [2.05, 4.69) is 0 Å². The van der Waals surface area contributed by atoms with Gasteiger partial charge in [0, 0.05) is 5.56 Å². The molecule has 0 aliphatic carbocycles. The van der Waals surface area contributed by atoms with E-state index in [9.17, 15) is 15.0 Å². The van der Waals surface area contributed by atoms with Gasteiger partial charge in [-0.2, -0.15) is 0 Å². The summed E-state index contributed by atoms with van der Waals surface area (Å²) in [7, 11) is 4.41. The lowest BCUT2D eigenvalue weighted by Gasteiger charge is -2.25. The van der Waals surface area contributed by atoms with Crippen molar-refractivity contribution in [1.82, 2.24) is 0 Å². The zero-order valence-corrected chi connectivity index (χ0v) is 19.3. The quantitative estimate of drug-likeness (QED) is 0.389. The minimum atomic E-state index is -1.24. The highest BCUT2D eigenvalue weighted by Gasteiger charge is 2.27. The molecule has 0 saturated carbocycles. The van der Waals surface area contributed by atoms with E-state index in [1.54, 1.807) is 24.3 Å². The van der Waals surface area contributed by atoms with Crippen LogP contribution in [0.3, 0.4) is 0 Å². The van der Waals surface area contributed by atoms with Crippen molar-refractivity contribution in [3.63, 3.8) is 0 Å². The lowest BCUT2D eigenvalue weighted by Crippen LogP contribution is -2.29. The van der Waals surface area contributed by atoms with Gasteiger partial charge in [0.25, 0.3) is 0 Å². The van der Waals surface area contributed by atoms with Crippen molar-refractivity contribution in [2.45, 2.75) is 18.8 Å². The van der Waals surface area contributed by atoms with Crippen LogP contribution in [0, 0.1) is 0 Å². The molecule has 0 aliphatic rings. The molecule has 0 saturated heterocycles. The van der Waals surface area contributed by atoms with Crippen molar-refractivity contribution in [2.24, 2.45) is 0 Å². The zero-order valence-electron chi connectivity index (χ0n) is 19.3. The summed E-state index contributed by atoms with van der Waals surface area (Å²) in [4.78, 5) is 11.0. The summed E-state index contributed by atoms with van der Waals surface area (Å²) in [6.45, 7) is -0.189. The average molecular weight is 469 g/mol. The van der Waals surface area contributed by atoms with Crippen molar-refractivity contribution >= 4 is 6.29 Å². The molecule has 3 aromatic rings. The minimum Gasteiger partial charge on any atom is -0.493 e. The predicted octanol–water partition coefficient (Wildman–Crippen LogP) is 3.58. The maximum atomic E-state index is 11.0. The summed E-state index contributed by atoms with van der Waals surface area (Å²) < 4.78 is 28.0. The van der Waals surface area contributed by atoms with Gasteiger partial charge in [0.05, 0.1) is 27.9 Å². The molecule has 2 N–H and O–H groups in total. The molecule has 0 fully saturated rings. The van der Waals surface area contributed by atoms with Crippen LogP contribution in [0.5, 0.6) is 28.7 Å². The molecule has 3 rings (SSSR count). The van der Waals surface area contributed by atoms with E-state index in [0.29, 0.717) is 47.0 Å². The van der Waals surface area contributed by atoms with Crippen LogP contribution in [0.4, 0.5) is 0 Å². The summed E-state index contributed by atoms with van der Waals surface area (Å²) in [6, 6.07) is 17.5. The first-order chi connectivity index (χ1) is 16.5. The Morgan fingerprint density at radius 1 is 0.853 bits per heavy atom. The first-order valence-corrected chi connectivity index (χ1v) is 10.6. The van der Waals surface area contributed by atoms with Crippen LogP contribution in [0.2, 0.25) is 0 Å². The van der Waals surface area contributed by atoms with E-state index >= 15 is 0 Å². The van der Waals surface area contributed by atoms with Crippen molar-refractivity contribution in [1.29, 1.82) is 0 Å². The van der Waals surface area contributed by atoms with Gasteiger partial charge in [-0.1, -0.05) is 30.3 Å². The maximum absolute atomic E-state index is 11.0. The van der Waals surface area contributed by atoms with Crippen LogP contribution in [0.1, 0.15) is 27.6 Å². The van der Waals surface area contributed by atoms with Gasteiger partial charge >= 0.3 is 0 Å². The van der Waals surface area contributed by atoms with Crippen LogP contribution in [0.25, 0.3) is 0 Å². The van der Waals surface area contributed by atoms with Crippen LogP contribution < -0.4 is 23.7 Å². The fraction of sp³-hybridized carbons (Fsp3) is 0.269. The van der Waals surface area contributed by atoms with Crippen molar-refractivity contribution in [3.05, 3.63) is 77.4 Å². The third kappa shape index (κ3) is 5.78. The first kappa shape index (κ1) is 24.9. The number of rotatable bonds is 12. The number of hydrogen-bond donors (Lipinski definition) is 2. The highest BCUT2D eigenvalue weighted by molar-refractivity contribution is 5.76. The van der Waals surface area contributed by atoms with Gasteiger partial charge in [0.2, 0.25) is 5.75 Å². The number of carbonyl (C=O) groups excluding carboxylic acids is 1. The topological polar surface area (TPSA) is 104 Å². The Morgan fingerprint density at radius 3 is 2.06 bits per heavy atom. The van der Waals surface area contributed by atoms with Gasteiger partial charge in [-0.25, -0.2) is 0 Å². The van der Waals surface area contributed by atoms with Gasteiger partial charge in [-0.05, 0) is 41.5 Å². The number of benzene rings is 3. The molecule has 0 radical (unpaired) electrons. The molecule has 0 unspecified atom stereocenters. The minimum absolute atomic E-state index is 0.271. The summed E-state index contributed by atoms with van der Waals surface area (Å²) in [5, 5.41) is 20.9. The van der Waals surface area contributed by atoms with E-state index < -0.39 is 18.8 Å². The van der Waals surface area contributed by atoms with Crippen molar-refractivity contribution < 1.29 is 38.7 Å². The number of methoxy groups -OCH3 is 3. The van der Waals surface area contributed by atoms with Gasteiger partial charge < -0.3 is 33.9 Å². The molecule has 0 bridgehead atoms. The second-order valence-electron chi connectivity index (χ2n) is 7.34. The molecular weight excluding hydrogens is 440 g/mol. The molecular formula is C26H28O8. The summed E-state index contributed by atoms with van der Waals surface area (Å²) in [5.74, 6) is 1.67. The van der Waals surface area contributed by atoms with Crippen LogP contribution in [-0.4, -0.2) is 50.5 Å². The molecule has 3 aromatic carbocycles. The summed E-state index contributed by atoms with van der Waals surface area (Å²) in [5.41, 5.74) is 1.77. The Hall–Kier alpha value is -3.75. The number of aliphatic hydroxyl groups is 2. The van der Waals surface area contributed by atoms with Gasteiger partial charge in [0.15, 0.2) is 29.1 Å². The molecule has 0 aliphatic heterocycles. The largest absolute Gasteiger partial charge is 0.493 e. The second-order valence-corrected chi connectivity index (χ2v) is 7.34. The second kappa shape index (κ2) is 11.9. The fourth-order valence-electron chi connectivity index (χ4n) is 3.38. The van der Waals surface area contributed by atoms with E-state index in [1.807, 2.05) is 30.3 Å². The lowest BCUT2D eigenvalue weighted by molar-refractivity contribution is -0.000634. The molecule has 180 valence electrons. The molecule has 2 atom stereocenters. The van der Waals surface area contributed by atoms with E-state index in [1.165, 1.54) is 27.4 Å². The fourth-order valence-corrected chi connectivity index (χ4v) is 3.38.